The number of thiophene rings is 1. The van der Waals surface area contributed by atoms with Gasteiger partial charge in [0.25, 0.3) is 0 Å². The van der Waals surface area contributed by atoms with Gasteiger partial charge < -0.3 is 4.42 Å². The van der Waals surface area contributed by atoms with Crippen molar-refractivity contribution < 1.29 is 4.42 Å². The summed E-state index contributed by atoms with van der Waals surface area (Å²) in [5, 5.41) is 4.69. The van der Waals surface area contributed by atoms with Crippen molar-refractivity contribution in [1.82, 2.24) is 15.0 Å². The largest absolute Gasteiger partial charge is 0.456 e. The maximum Gasteiger partial charge on any atom is 0.164 e. The molecule has 0 amide bonds. The first-order valence-corrected chi connectivity index (χ1v) is 15.3. The Kier molecular flexibility index (Phi) is 5.64. The molecule has 0 aliphatic heterocycles. The molecule has 9 rings (SSSR count). The van der Waals surface area contributed by atoms with Crippen LogP contribution in [0.15, 0.2) is 144 Å². The summed E-state index contributed by atoms with van der Waals surface area (Å²) in [6.07, 6.45) is 0. The molecule has 6 aromatic carbocycles. The van der Waals surface area contributed by atoms with Crippen LogP contribution in [0.25, 0.3) is 87.4 Å². The average Bonchev–Trinajstić information content (AvgIpc) is 3.66. The molecule has 0 saturated heterocycles. The summed E-state index contributed by atoms with van der Waals surface area (Å²) in [4.78, 5) is 15.1. The second-order valence-electron chi connectivity index (χ2n) is 10.8. The molecule has 0 fully saturated rings. The predicted molar refractivity (Wildman–Crippen MR) is 182 cm³/mol. The lowest BCUT2D eigenvalue weighted by molar-refractivity contribution is 0.669. The van der Waals surface area contributed by atoms with Gasteiger partial charge in [-0.25, -0.2) is 15.0 Å². The van der Waals surface area contributed by atoms with Gasteiger partial charge in [-0.1, -0.05) is 109 Å². The number of hydrogen-bond donors (Lipinski definition) is 0. The monoisotopic (exact) mass is 581 g/mol. The number of para-hydroxylation sites is 1. The fourth-order valence-electron chi connectivity index (χ4n) is 6.04. The SMILES string of the molecule is c1ccc(-c2nc(-c3cc(-c4ccccc4)c4c(c3)oc3ccccc34)nc(-c3ccc4c(c3)sc3ccccc34)n2)cc1. The molecule has 0 aliphatic rings. The molecule has 0 saturated carbocycles. The molecule has 0 spiro atoms. The molecule has 4 nitrogen and oxygen atoms in total. The maximum atomic E-state index is 6.41. The number of furan rings is 1. The molecular weight excluding hydrogens is 559 g/mol. The van der Waals surface area contributed by atoms with E-state index in [4.69, 9.17) is 19.4 Å². The number of nitrogens with zero attached hydrogens (tertiary/aromatic N) is 3. The van der Waals surface area contributed by atoms with Crippen molar-refractivity contribution in [3.05, 3.63) is 140 Å². The summed E-state index contributed by atoms with van der Waals surface area (Å²) in [7, 11) is 0. The van der Waals surface area contributed by atoms with Crippen molar-refractivity contribution in [2.75, 3.05) is 0 Å². The van der Waals surface area contributed by atoms with Crippen LogP contribution in [0.2, 0.25) is 0 Å². The van der Waals surface area contributed by atoms with Gasteiger partial charge in [0.15, 0.2) is 17.5 Å². The van der Waals surface area contributed by atoms with Crippen LogP contribution in [-0.2, 0) is 0 Å². The van der Waals surface area contributed by atoms with Crippen molar-refractivity contribution in [1.29, 1.82) is 0 Å². The van der Waals surface area contributed by atoms with E-state index in [0.29, 0.717) is 17.5 Å². The molecule has 206 valence electrons. The fraction of sp³-hybridized carbons (Fsp3) is 0. The van der Waals surface area contributed by atoms with Crippen LogP contribution in [-0.4, -0.2) is 15.0 Å². The normalized spacial score (nSPS) is 11.6. The van der Waals surface area contributed by atoms with Gasteiger partial charge in [-0.15, -0.1) is 11.3 Å². The third-order valence-electron chi connectivity index (χ3n) is 8.13. The maximum absolute atomic E-state index is 6.41. The van der Waals surface area contributed by atoms with E-state index in [1.165, 1.54) is 20.2 Å². The number of benzene rings is 6. The molecule has 5 heteroatoms. The van der Waals surface area contributed by atoms with Gasteiger partial charge in [0, 0.05) is 47.6 Å². The Morgan fingerprint density at radius 2 is 1.02 bits per heavy atom. The second-order valence-corrected chi connectivity index (χ2v) is 11.9. The van der Waals surface area contributed by atoms with Crippen LogP contribution in [0.1, 0.15) is 0 Å². The molecule has 9 aromatic rings. The average molecular weight is 582 g/mol. The summed E-state index contributed by atoms with van der Waals surface area (Å²) in [5.41, 5.74) is 6.62. The van der Waals surface area contributed by atoms with Gasteiger partial charge in [-0.3, -0.25) is 0 Å². The number of aromatic nitrogens is 3. The highest BCUT2D eigenvalue weighted by atomic mass is 32.1. The van der Waals surface area contributed by atoms with Crippen LogP contribution < -0.4 is 0 Å². The van der Waals surface area contributed by atoms with Crippen molar-refractivity contribution in [2.45, 2.75) is 0 Å². The molecule has 0 N–H and O–H groups in total. The van der Waals surface area contributed by atoms with E-state index < -0.39 is 0 Å². The van der Waals surface area contributed by atoms with E-state index >= 15 is 0 Å². The number of rotatable bonds is 4. The minimum atomic E-state index is 0.602. The van der Waals surface area contributed by atoms with Crippen molar-refractivity contribution in [3.8, 4) is 45.3 Å². The Hall–Kier alpha value is -5.65. The zero-order valence-electron chi connectivity index (χ0n) is 23.4. The predicted octanol–water partition coefficient (Wildman–Crippen LogP) is 10.8. The highest BCUT2D eigenvalue weighted by Crippen LogP contribution is 2.40. The van der Waals surface area contributed by atoms with E-state index in [0.717, 1.165) is 49.8 Å². The Labute approximate surface area is 256 Å². The third kappa shape index (κ3) is 4.09. The topological polar surface area (TPSA) is 51.8 Å². The van der Waals surface area contributed by atoms with Crippen molar-refractivity contribution in [3.63, 3.8) is 0 Å². The summed E-state index contributed by atoms with van der Waals surface area (Å²) in [6, 6.07) is 48.0. The quantitative estimate of drug-likeness (QED) is 0.207. The zero-order chi connectivity index (χ0) is 29.0. The van der Waals surface area contributed by atoms with Crippen LogP contribution in [0.5, 0.6) is 0 Å². The van der Waals surface area contributed by atoms with E-state index in [2.05, 4.69) is 91.0 Å². The lowest BCUT2D eigenvalue weighted by Crippen LogP contribution is -2.00. The van der Waals surface area contributed by atoms with Crippen LogP contribution in [0.3, 0.4) is 0 Å². The summed E-state index contributed by atoms with van der Waals surface area (Å²) < 4.78 is 8.90. The summed E-state index contributed by atoms with van der Waals surface area (Å²) in [5.74, 6) is 1.87. The summed E-state index contributed by atoms with van der Waals surface area (Å²) in [6.45, 7) is 0. The van der Waals surface area contributed by atoms with Gasteiger partial charge in [0.2, 0.25) is 0 Å². The van der Waals surface area contributed by atoms with Crippen molar-refractivity contribution >= 4 is 53.4 Å². The van der Waals surface area contributed by atoms with Gasteiger partial charge in [-0.05, 0) is 41.5 Å². The molecule has 3 heterocycles. The lowest BCUT2D eigenvalue weighted by Gasteiger charge is -2.11. The minimum absolute atomic E-state index is 0.602. The number of hydrogen-bond acceptors (Lipinski definition) is 5. The Balaban J connectivity index is 1.29. The molecule has 44 heavy (non-hydrogen) atoms. The van der Waals surface area contributed by atoms with Gasteiger partial charge in [0.1, 0.15) is 11.2 Å². The molecule has 0 radical (unpaired) electrons. The minimum Gasteiger partial charge on any atom is -0.456 e. The highest BCUT2D eigenvalue weighted by Gasteiger charge is 2.18. The van der Waals surface area contributed by atoms with Crippen LogP contribution in [0, 0.1) is 0 Å². The number of fused-ring (bicyclic) bond motifs is 6. The van der Waals surface area contributed by atoms with E-state index in [1.54, 1.807) is 11.3 Å². The zero-order valence-corrected chi connectivity index (χ0v) is 24.3. The van der Waals surface area contributed by atoms with E-state index in [-0.39, 0.29) is 0 Å². The molecule has 0 unspecified atom stereocenters. The second kappa shape index (κ2) is 9.97. The molecule has 0 bridgehead atoms. The standard InChI is InChI=1S/C39H23N3OS/c1-3-11-24(12-4-1)31-21-27(22-33-36(31)30-16-7-9-17-32(30)43-33)39-41-37(25-13-5-2-6-14-25)40-38(42-39)26-19-20-29-28-15-8-10-18-34(28)44-35(29)23-26/h1-23H. The fourth-order valence-corrected chi connectivity index (χ4v) is 7.19. The molecular formula is C39H23N3OS. The Morgan fingerprint density at radius 3 is 1.82 bits per heavy atom. The Bertz CT molecular complexity index is 2500. The Morgan fingerprint density at radius 1 is 0.409 bits per heavy atom. The van der Waals surface area contributed by atoms with Crippen LogP contribution in [0.4, 0.5) is 0 Å². The first-order valence-electron chi connectivity index (χ1n) is 14.5. The molecule has 0 atom stereocenters. The molecule has 3 aromatic heterocycles. The van der Waals surface area contributed by atoms with E-state index in [1.807, 2.05) is 48.5 Å². The van der Waals surface area contributed by atoms with Gasteiger partial charge >= 0.3 is 0 Å². The first kappa shape index (κ1) is 24.9. The highest BCUT2D eigenvalue weighted by molar-refractivity contribution is 7.25. The van der Waals surface area contributed by atoms with E-state index in [9.17, 15) is 0 Å². The first-order chi connectivity index (χ1) is 21.8. The lowest BCUT2D eigenvalue weighted by atomic mass is 9.97. The summed E-state index contributed by atoms with van der Waals surface area (Å²) >= 11 is 1.79. The van der Waals surface area contributed by atoms with Crippen LogP contribution >= 0.6 is 11.3 Å². The molecule has 0 aliphatic carbocycles. The van der Waals surface area contributed by atoms with Crippen molar-refractivity contribution in [2.24, 2.45) is 0 Å². The smallest absolute Gasteiger partial charge is 0.164 e. The third-order valence-corrected chi connectivity index (χ3v) is 9.26. The van der Waals surface area contributed by atoms with Gasteiger partial charge in [0.05, 0.1) is 0 Å². The van der Waals surface area contributed by atoms with Gasteiger partial charge in [-0.2, -0.15) is 0 Å².